The average molecular weight is 464 g/mol. The van der Waals surface area contributed by atoms with Gasteiger partial charge in [0.15, 0.2) is 0 Å². The second kappa shape index (κ2) is 7.50. The molecule has 2 N–H and O–H groups in total. The second-order valence-electron chi connectivity index (χ2n) is 9.14. The lowest BCUT2D eigenvalue weighted by Crippen LogP contribution is -2.46. The van der Waals surface area contributed by atoms with Crippen LogP contribution in [0.25, 0.3) is 0 Å². The van der Waals surface area contributed by atoms with Crippen LogP contribution in [0.1, 0.15) is 34.9 Å². The Morgan fingerprint density at radius 2 is 1.42 bits per heavy atom. The molecule has 0 saturated carbocycles. The number of hydrogen-bond donors (Lipinski definition) is 2. The number of fused-ring (bicyclic) bond motifs is 3. The highest BCUT2D eigenvalue weighted by Crippen LogP contribution is 2.56. The molecule has 5 atom stereocenters. The highest BCUT2D eigenvalue weighted by Gasteiger charge is 2.60. The number of hydrogen-bond acceptors (Lipinski definition) is 5. The van der Waals surface area contributed by atoms with E-state index < -0.39 is 21.4 Å². The van der Waals surface area contributed by atoms with Crippen LogP contribution in [0, 0.1) is 0 Å². The first-order valence-corrected chi connectivity index (χ1v) is 12.8. The van der Waals surface area contributed by atoms with Crippen molar-refractivity contribution >= 4 is 15.7 Å². The van der Waals surface area contributed by atoms with Crippen LogP contribution >= 0.6 is 0 Å². The Hall–Kier alpha value is -3.03. The molecule has 3 aliphatic heterocycles. The summed E-state index contributed by atoms with van der Waals surface area (Å²) in [6, 6.07) is 21.8. The summed E-state index contributed by atoms with van der Waals surface area (Å²) in [6.45, 7) is 0.459. The first-order chi connectivity index (χ1) is 15.9. The van der Waals surface area contributed by atoms with Gasteiger partial charge in [0, 0.05) is 18.4 Å². The molecule has 2 bridgehead atoms. The summed E-state index contributed by atoms with van der Waals surface area (Å²) in [5, 5.41) is 18.9. The summed E-state index contributed by atoms with van der Waals surface area (Å²) >= 11 is 0. The van der Waals surface area contributed by atoms with E-state index in [-0.39, 0.29) is 29.4 Å². The molecule has 2 fully saturated rings. The number of aromatic hydroxyl groups is 2. The number of anilines is 1. The topological polar surface area (TPSA) is 87.1 Å². The van der Waals surface area contributed by atoms with Crippen molar-refractivity contribution in [1.29, 1.82) is 0 Å². The van der Waals surface area contributed by atoms with Crippen LogP contribution in [0.3, 0.4) is 0 Å². The summed E-state index contributed by atoms with van der Waals surface area (Å²) in [4.78, 5) is 0. The maximum Gasteiger partial charge on any atom is 0.240 e. The molecule has 3 aliphatic rings. The van der Waals surface area contributed by atoms with Crippen molar-refractivity contribution in [3.05, 3.63) is 89.5 Å². The minimum absolute atomic E-state index is 0.0301. The Morgan fingerprint density at radius 1 is 0.818 bits per heavy atom. The number of ether oxygens (including phenoxy) is 1. The normalized spacial score (nSPS) is 28.2. The maximum absolute atomic E-state index is 13.9. The van der Waals surface area contributed by atoms with Gasteiger partial charge in [-0.2, -0.15) is 0 Å². The molecule has 6 rings (SSSR count). The molecule has 3 heterocycles. The number of benzene rings is 3. The van der Waals surface area contributed by atoms with Crippen molar-refractivity contribution in [1.82, 2.24) is 0 Å². The molecule has 3 aromatic rings. The molecule has 3 aromatic carbocycles. The van der Waals surface area contributed by atoms with Gasteiger partial charge >= 0.3 is 0 Å². The molecular formula is C26H25NO5S. The van der Waals surface area contributed by atoms with Crippen molar-refractivity contribution in [2.45, 2.75) is 42.1 Å². The Balaban J connectivity index is 1.39. The molecule has 0 aliphatic carbocycles. The molecule has 7 heteroatoms. The van der Waals surface area contributed by atoms with Crippen LogP contribution in [-0.2, 0) is 21.2 Å². The molecular weight excluding hydrogens is 438 g/mol. The fraction of sp³-hybridized carbons (Fsp3) is 0.308. The molecule has 33 heavy (non-hydrogen) atoms. The summed E-state index contributed by atoms with van der Waals surface area (Å²) in [5.41, 5.74) is 3.79. The van der Waals surface area contributed by atoms with Crippen molar-refractivity contribution < 1.29 is 23.4 Å². The van der Waals surface area contributed by atoms with Gasteiger partial charge in [0.05, 0.1) is 17.9 Å². The number of para-hydroxylation sites is 1. The number of sulfonamides is 1. The van der Waals surface area contributed by atoms with E-state index in [9.17, 15) is 18.6 Å². The van der Waals surface area contributed by atoms with E-state index >= 15 is 0 Å². The quantitative estimate of drug-likeness (QED) is 0.613. The predicted octanol–water partition coefficient (Wildman–Crippen LogP) is 3.90. The fourth-order valence-electron chi connectivity index (χ4n) is 5.93. The van der Waals surface area contributed by atoms with Gasteiger partial charge < -0.3 is 14.9 Å². The Bertz CT molecular complexity index is 1290. The summed E-state index contributed by atoms with van der Waals surface area (Å²) in [7, 11) is -3.63. The SMILES string of the molecule is O=S(=O)([C@H]1C[C@H]2O[C@@H]1[C@@H](c1ccc(O)cc1)[C@@H]2c1ccc(O)cc1)N1CCc2ccccc21. The lowest BCUT2D eigenvalue weighted by molar-refractivity contribution is 0.0978. The Labute approximate surface area is 193 Å². The van der Waals surface area contributed by atoms with Crippen LogP contribution in [0.2, 0.25) is 0 Å². The third-order valence-electron chi connectivity index (χ3n) is 7.39. The number of phenols is 2. The van der Waals surface area contributed by atoms with E-state index in [1.165, 1.54) is 0 Å². The molecule has 0 spiro atoms. The molecule has 0 unspecified atom stereocenters. The van der Waals surface area contributed by atoms with E-state index in [0.29, 0.717) is 19.4 Å². The van der Waals surface area contributed by atoms with Gasteiger partial charge in [-0.25, -0.2) is 8.42 Å². The largest absolute Gasteiger partial charge is 0.508 e. The van der Waals surface area contributed by atoms with Crippen molar-refractivity contribution in [3.8, 4) is 11.5 Å². The zero-order chi connectivity index (χ0) is 22.7. The van der Waals surface area contributed by atoms with Gasteiger partial charge in [-0.05, 0) is 59.9 Å². The smallest absolute Gasteiger partial charge is 0.240 e. The van der Waals surface area contributed by atoms with Crippen LogP contribution < -0.4 is 4.31 Å². The zero-order valence-corrected chi connectivity index (χ0v) is 18.7. The summed E-state index contributed by atoms with van der Waals surface area (Å²) in [6.07, 6.45) is 0.424. The van der Waals surface area contributed by atoms with Gasteiger partial charge in [-0.3, -0.25) is 4.31 Å². The van der Waals surface area contributed by atoms with Gasteiger partial charge in [-0.15, -0.1) is 0 Å². The van der Waals surface area contributed by atoms with Gasteiger partial charge in [0.25, 0.3) is 0 Å². The van der Waals surface area contributed by atoms with Crippen LogP contribution in [0.4, 0.5) is 5.69 Å². The molecule has 0 radical (unpaired) electrons. The zero-order valence-electron chi connectivity index (χ0n) is 17.9. The third kappa shape index (κ3) is 3.21. The van der Waals surface area contributed by atoms with E-state index in [1.807, 2.05) is 48.5 Å². The van der Waals surface area contributed by atoms with E-state index in [1.54, 1.807) is 28.6 Å². The van der Waals surface area contributed by atoms with E-state index in [2.05, 4.69) is 0 Å². The lowest BCUT2D eigenvalue weighted by atomic mass is 9.72. The minimum atomic E-state index is -3.63. The van der Waals surface area contributed by atoms with Gasteiger partial charge in [-0.1, -0.05) is 42.5 Å². The molecule has 2 saturated heterocycles. The monoisotopic (exact) mass is 463 g/mol. The maximum atomic E-state index is 13.9. The van der Waals surface area contributed by atoms with Gasteiger partial charge in [0.2, 0.25) is 10.0 Å². The number of phenolic OH excluding ortho intramolecular Hbond substituents is 2. The average Bonchev–Trinajstić information content (AvgIpc) is 3.53. The van der Waals surface area contributed by atoms with E-state index in [0.717, 1.165) is 22.4 Å². The summed E-state index contributed by atoms with van der Waals surface area (Å²) < 4.78 is 35.7. The summed E-state index contributed by atoms with van der Waals surface area (Å²) in [5.74, 6) is 0.156. The third-order valence-corrected chi connectivity index (χ3v) is 9.61. The first-order valence-electron chi connectivity index (χ1n) is 11.3. The van der Waals surface area contributed by atoms with Crippen LogP contribution in [-0.4, -0.2) is 42.6 Å². The Morgan fingerprint density at radius 3 is 2.09 bits per heavy atom. The van der Waals surface area contributed by atoms with Gasteiger partial charge in [0.1, 0.15) is 16.7 Å². The standard InChI is InChI=1S/C26H25NO5S/c28-19-9-5-17(6-10-19)24-22-15-23(26(32-22)25(24)18-7-11-20(29)12-8-18)33(30,31)27-14-13-16-3-1-2-4-21(16)27/h1-12,22-26,28-29H,13-15H2/t22-,23+,24-,25+,26+/m1/s1. The number of nitrogens with zero attached hydrogens (tertiary/aromatic N) is 1. The second-order valence-corrected chi connectivity index (χ2v) is 11.2. The number of rotatable bonds is 4. The van der Waals surface area contributed by atoms with E-state index in [4.69, 9.17) is 4.74 Å². The molecule has 0 amide bonds. The van der Waals surface area contributed by atoms with Crippen molar-refractivity contribution in [2.24, 2.45) is 0 Å². The lowest BCUT2D eigenvalue weighted by Gasteiger charge is -2.35. The first kappa shape index (κ1) is 20.6. The molecule has 6 nitrogen and oxygen atoms in total. The van der Waals surface area contributed by atoms with Crippen molar-refractivity contribution in [3.63, 3.8) is 0 Å². The van der Waals surface area contributed by atoms with Crippen LogP contribution in [0.15, 0.2) is 72.8 Å². The highest BCUT2D eigenvalue weighted by atomic mass is 32.2. The predicted molar refractivity (Wildman–Crippen MR) is 125 cm³/mol. The van der Waals surface area contributed by atoms with Crippen molar-refractivity contribution in [2.75, 3.05) is 10.8 Å². The molecule has 170 valence electrons. The minimum Gasteiger partial charge on any atom is -0.508 e. The highest BCUT2D eigenvalue weighted by molar-refractivity contribution is 7.93. The fourth-order valence-corrected chi connectivity index (χ4v) is 8.06. The van der Waals surface area contributed by atoms with Crippen LogP contribution in [0.5, 0.6) is 11.5 Å². The Kier molecular flexibility index (Phi) is 4.67. The molecule has 0 aromatic heterocycles.